The van der Waals surface area contributed by atoms with Crippen LogP contribution in [0.4, 0.5) is 8.78 Å². The summed E-state index contributed by atoms with van der Waals surface area (Å²) in [6, 6.07) is 0. The van der Waals surface area contributed by atoms with Gasteiger partial charge < -0.3 is 10.0 Å². The number of aromatic nitrogens is 2. The van der Waals surface area contributed by atoms with Crippen LogP contribution in [0.15, 0.2) is 12.4 Å². The molecular weight excluding hydrogens is 358 g/mol. The number of imidazole rings is 1. The van der Waals surface area contributed by atoms with Crippen LogP contribution in [-0.4, -0.2) is 62.5 Å². The Morgan fingerprint density at radius 2 is 1.74 bits per heavy atom. The average molecular weight is 384 g/mol. The molecule has 1 amide bonds. The van der Waals surface area contributed by atoms with Gasteiger partial charge in [-0.1, -0.05) is 25.7 Å². The Labute approximate surface area is 157 Å². The van der Waals surface area contributed by atoms with Crippen LogP contribution >= 0.6 is 0 Å². The molecule has 0 spiro atoms. The molecule has 0 bridgehead atoms. The number of carbonyl (C=O) groups excluding carboxylic acids is 1. The van der Waals surface area contributed by atoms with Gasteiger partial charge in [-0.25, -0.2) is 4.98 Å². The number of carbonyl (C=O) groups is 2. The maximum Gasteiger partial charge on any atom is 0.319 e. The third-order valence-electron chi connectivity index (χ3n) is 5.76. The lowest BCUT2D eigenvalue weighted by Gasteiger charge is -2.39. The minimum Gasteiger partial charge on any atom is -0.480 e. The molecule has 1 aliphatic carbocycles. The van der Waals surface area contributed by atoms with E-state index in [1.54, 1.807) is 4.90 Å². The van der Waals surface area contributed by atoms with Crippen LogP contribution in [0.3, 0.4) is 0 Å². The number of hydrogen-bond acceptors (Lipinski definition) is 4. The molecule has 27 heavy (non-hydrogen) atoms. The standard InChI is InChI=1S/C18H26F2N4O3/c19-17(20)24-8-7-21-14(24)13-22-9-11-23(12-10-22)15(25)18(16(26)27)5-3-1-2-4-6-18/h7-8,17H,1-6,9-13H2,(H,26,27). The average Bonchev–Trinajstić information content (AvgIpc) is 2.96. The Bertz CT molecular complexity index is 663. The Morgan fingerprint density at radius 1 is 1.11 bits per heavy atom. The van der Waals surface area contributed by atoms with Gasteiger partial charge in [-0.3, -0.25) is 19.1 Å². The largest absolute Gasteiger partial charge is 0.480 e. The number of nitrogens with zero attached hydrogens (tertiary/aromatic N) is 4. The molecular formula is C18H26F2N4O3. The lowest BCUT2D eigenvalue weighted by Crippen LogP contribution is -2.55. The summed E-state index contributed by atoms with van der Waals surface area (Å²) in [4.78, 5) is 32.6. The maximum atomic E-state index is 13.0. The van der Waals surface area contributed by atoms with Crippen molar-refractivity contribution in [1.29, 1.82) is 0 Å². The lowest BCUT2D eigenvalue weighted by atomic mass is 9.79. The van der Waals surface area contributed by atoms with Crippen LogP contribution < -0.4 is 0 Å². The zero-order valence-corrected chi connectivity index (χ0v) is 15.3. The molecule has 150 valence electrons. The number of hydrogen-bond donors (Lipinski definition) is 1. The lowest BCUT2D eigenvalue weighted by molar-refractivity contribution is -0.163. The summed E-state index contributed by atoms with van der Waals surface area (Å²) in [5, 5.41) is 9.78. The third-order valence-corrected chi connectivity index (χ3v) is 5.76. The molecule has 1 aliphatic heterocycles. The summed E-state index contributed by atoms with van der Waals surface area (Å²) in [5.41, 5.74) is -1.30. The highest BCUT2D eigenvalue weighted by Gasteiger charge is 2.48. The number of halogens is 2. The van der Waals surface area contributed by atoms with E-state index in [0.717, 1.165) is 30.3 Å². The first-order valence-corrected chi connectivity index (χ1v) is 9.49. The molecule has 1 saturated carbocycles. The van der Waals surface area contributed by atoms with E-state index >= 15 is 0 Å². The van der Waals surface area contributed by atoms with Crippen LogP contribution in [-0.2, 0) is 16.1 Å². The monoisotopic (exact) mass is 384 g/mol. The first-order chi connectivity index (χ1) is 12.9. The fourth-order valence-corrected chi connectivity index (χ4v) is 4.11. The van der Waals surface area contributed by atoms with E-state index < -0.39 is 17.9 Å². The second kappa shape index (κ2) is 8.33. The Hall–Kier alpha value is -2.03. The van der Waals surface area contributed by atoms with E-state index in [1.807, 2.05) is 4.90 Å². The molecule has 0 atom stereocenters. The second-order valence-electron chi connectivity index (χ2n) is 7.40. The molecule has 1 saturated heterocycles. The van der Waals surface area contributed by atoms with Crippen molar-refractivity contribution in [1.82, 2.24) is 19.4 Å². The van der Waals surface area contributed by atoms with Crippen LogP contribution in [0, 0.1) is 5.41 Å². The third kappa shape index (κ3) is 4.12. The molecule has 3 rings (SSSR count). The van der Waals surface area contributed by atoms with Gasteiger partial charge in [0.05, 0.1) is 6.54 Å². The SMILES string of the molecule is O=C(O)C1(C(=O)N2CCN(Cc3nccn3C(F)F)CC2)CCCCCC1. The number of carboxylic acid groups (broad SMARTS) is 1. The van der Waals surface area contributed by atoms with Crippen molar-refractivity contribution in [2.75, 3.05) is 26.2 Å². The Kier molecular flexibility index (Phi) is 6.08. The summed E-state index contributed by atoms with van der Waals surface area (Å²) < 4.78 is 26.7. The van der Waals surface area contributed by atoms with E-state index in [1.165, 1.54) is 12.4 Å². The van der Waals surface area contributed by atoms with Crippen molar-refractivity contribution in [3.63, 3.8) is 0 Å². The number of amides is 1. The van der Waals surface area contributed by atoms with Crippen molar-refractivity contribution >= 4 is 11.9 Å². The summed E-state index contributed by atoms with van der Waals surface area (Å²) in [6.07, 6.45) is 6.84. The molecule has 1 aromatic rings. The number of piperazine rings is 1. The van der Waals surface area contributed by atoms with Gasteiger partial charge >= 0.3 is 12.5 Å². The maximum absolute atomic E-state index is 13.0. The smallest absolute Gasteiger partial charge is 0.319 e. The quantitative estimate of drug-likeness (QED) is 0.623. The van der Waals surface area contributed by atoms with Crippen molar-refractivity contribution in [3.05, 3.63) is 18.2 Å². The fourth-order valence-electron chi connectivity index (χ4n) is 4.11. The molecule has 0 aromatic carbocycles. The van der Waals surface area contributed by atoms with E-state index in [4.69, 9.17) is 0 Å². The minimum atomic E-state index is -2.63. The highest BCUT2D eigenvalue weighted by atomic mass is 19.3. The summed E-state index contributed by atoms with van der Waals surface area (Å²) >= 11 is 0. The molecule has 1 N–H and O–H groups in total. The van der Waals surface area contributed by atoms with Gasteiger partial charge in [0.25, 0.3) is 0 Å². The number of rotatable bonds is 5. The second-order valence-corrected chi connectivity index (χ2v) is 7.40. The van der Waals surface area contributed by atoms with Crippen molar-refractivity contribution in [3.8, 4) is 0 Å². The van der Waals surface area contributed by atoms with Gasteiger partial charge in [0.2, 0.25) is 5.91 Å². The Balaban J connectivity index is 1.61. The number of alkyl halides is 2. The molecule has 9 heteroatoms. The number of aliphatic carboxylic acids is 1. The highest BCUT2D eigenvalue weighted by Crippen LogP contribution is 2.37. The molecule has 2 aliphatic rings. The van der Waals surface area contributed by atoms with Crippen LogP contribution in [0.2, 0.25) is 0 Å². The van der Waals surface area contributed by atoms with Crippen LogP contribution in [0.5, 0.6) is 0 Å². The van der Waals surface area contributed by atoms with E-state index in [9.17, 15) is 23.5 Å². The minimum absolute atomic E-state index is 0.281. The van der Waals surface area contributed by atoms with Crippen molar-refractivity contribution in [2.24, 2.45) is 5.41 Å². The summed E-state index contributed by atoms with van der Waals surface area (Å²) in [5.74, 6) is -1.02. The van der Waals surface area contributed by atoms with E-state index in [0.29, 0.717) is 39.0 Å². The van der Waals surface area contributed by atoms with E-state index in [-0.39, 0.29) is 18.3 Å². The first-order valence-electron chi connectivity index (χ1n) is 9.49. The van der Waals surface area contributed by atoms with Crippen molar-refractivity contribution in [2.45, 2.75) is 51.6 Å². The summed E-state index contributed by atoms with van der Waals surface area (Å²) in [7, 11) is 0. The molecule has 7 nitrogen and oxygen atoms in total. The van der Waals surface area contributed by atoms with Gasteiger partial charge in [0.15, 0.2) is 0 Å². The highest BCUT2D eigenvalue weighted by molar-refractivity contribution is 6.02. The van der Waals surface area contributed by atoms with Gasteiger partial charge in [-0.05, 0) is 12.8 Å². The summed E-state index contributed by atoms with van der Waals surface area (Å²) in [6.45, 7) is -0.513. The molecule has 2 heterocycles. The zero-order chi connectivity index (χ0) is 19.4. The molecule has 2 fully saturated rings. The van der Waals surface area contributed by atoms with Gasteiger partial charge in [0, 0.05) is 38.6 Å². The zero-order valence-electron chi connectivity index (χ0n) is 15.3. The normalized spacial score (nSPS) is 21.2. The van der Waals surface area contributed by atoms with Gasteiger partial charge in [-0.15, -0.1) is 0 Å². The molecule has 1 aromatic heterocycles. The molecule has 0 radical (unpaired) electrons. The first kappa shape index (κ1) is 19.7. The predicted molar refractivity (Wildman–Crippen MR) is 93.1 cm³/mol. The van der Waals surface area contributed by atoms with Crippen LogP contribution in [0.1, 0.15) is 50.9 Å². The molecule has 0 unspecified atom stereocenters. The Morgan fingerprint density at radius 3 is 2.30 bits per heavy atom. The van der Waals surface area contributed by atoms with Gasteiger partial charge in [0.1, 0.15) is 11.2 Å². The topological polar surface area (TPSA) is 78.7 Å². The van der Waals surface area contributed by atoms with E-state index in [2.05, 4.69) is 4.98 Å². The predicted octanol–water partition coefficient (Wildman–Crippen LogP) is 2.35. The number of carboxylic acids is 1. The van der Waals surface area contributed by atoms with Crippen molar-refractivity contribution < 1.29 is 23.5 Å². The van der Waals surface area contributed by atoms with Crippen LogP contribution in [0.25, 0.3) is 0 Å². The van der Waals surface area contributed by atoms with Gasteiger partial charge in [-0.2, -0.15) is 8.78 Å². The fraction of sp³-hybridized carbons (Fsp3) is 0.722.